The Morgan fingerprint density at radius 3 is 2.76 bits per heavy atom. The maximum atomic E-state index is 11.9. The van der Waals surface area contributed by atoms with E-state index in [1.807, 2.05) is 0 Å². The van der Waals surface area contributed by atoms with Crippen molar-refractivity contribution < 1.29 is 19.4 Å². The van der Waals surface area contributed by atoms with E-state index < -0.39 is 5.97 Å². The molecule has 1 aliphatic heterocycles. The molecule has 0 saturated carbocycles. The SMILES string of the molecule is CC(CC(=O)O)N(C)C(=O)CC1CCCOC1. The van der Waals surface area contributed by atoms with Crippen LogP contribution < -0.4 is 0 Å². The van der Waals surface area contributed by atoms with Crippen molar-refractivity contribution in [2.75, 3.05) is 20.3 Å². The van der Waals surface area contributed by atoms with Crippen LogP contribution in [0.25, 0.3) is 0 Å². The van der Waals surface area contributed by atoms with Gasteiger partial charge in [0.1, 0.15) is 0 Å². The van der Waals surface area contributed by atoms with E-state index in [1.165, 1.54) is 4.90 Å². The van der Waals surface area contributed by atoms with E-state index in [4.69, 9.17) is 9.84 Å². The number of rotatable bonds is 5. The molecule has 0 aromatic carbocycles. The van der Waals surface area contributed by atoms with Crippen molar-refractivity contribution in [3.63, 3.8) is 0 Å². The lowest BCUT2D eigenvalue weighted by atomic mass is 9.97. The molecule has 2 atom stereocenters. The number of hydrogen-bond donors (Lipinski definition) is 1. The number of ether oxygens (including phenoxy) is 1. The molecular weight excluding hydrogens is 222 g/mol. The van der Waals surface area contributed by atoms with Crippen molar-refractivity contribution >= 4 is 11.9 Å². The van der Waals surface area contributed by atoms with E-state index in [1.54, 1.807) is 14.0 Å². The maximum absolute atomic E-state index is 11.9. The molecular formula is C12H21NO4. The zero-order valence-electron chi connectivity index (χ0n) is 10.5. The van der Waals surface area contributed by atoms with Crippen LogP contribution in [0.3, 0.4) is 0 Å². The minimum absolute atomic E-state index is 0.00856. The molecule has 0 aromatic heterocycles. The van der Waals surface area contributed by atoms with Crippen LogP contribution >= 0.6 is 0 Å². The van der Waals surface area contributed by atoms with Gasteiger partial charge in [-0.2, -0.15) is 0 Å². The molecule has 0 bridgehead atoms. The summed E-state index contributed by atoms with van der Waals surface area (Å²) < 4.78 is 5.32. The summed E-state index contributed by atoms with van der Waals surface area (Å²) in [6, 6.07) is -0.260. The van der Waals surface area contributed by atoms with Crippen LogP contribution in [0.1, 0.15) is 32.6 Å². The van der Waals surface area contributed by atoms with Gasteiger partial charge in [0.15, 0.2) is 0 Å². The van der Waals surface area contributed by atoms with Crippen LogP contribution in [-0.4, -0.2) is 48.2 Å². The minimum Gasteiger partial charge on any atom is -0.481 e. The third-order valence-electron chi connectivity index (χ3n) is 3.24. The van der Waals surface area contributed by atoms with Crippen LogP contribution in [0.2, 0.25) is 0 Å². The second-order valence-corrected chi connectivity index (χ2v) is 4.74. The molecule has 1 heterocycles. The fourth-order valence-electron chi connectivity index (χ4n) is 1.99. The summed E-state index contributed by atoms with van der Waals surface area (Å²) >= 11 is 0. The summed E-state index contributed by atoms with van der Waals surface area (Å²) in [5.41, 5.74) is 0. The summed E-state index contributed by atoms with van der Waals surface area (Å²) in [5, 5.41) is 8.68. The largest absolute Gasteiger partial charge is 0.481 e. The van der Waals surface area contributed by atoms with Crippen molar-refractivity contribution in [1.82, 2.24) is 4.90 Å². The summed E-state index contributed by atoms with van der Waals surface area (Å²) in [4.78, 5) is 24.0. The van der Waals surface area contributed by atoms with Gasteiger partial charge in [-0.25, -0.2) is 0 Å². The van der Waals surface area contributed by atoms with Gasteiger partial charge in [-0.1, -0.05) is 0 Å². The molecule has 2 unspecified atom stereocenters. The zero-order chi connectivity index (χ0) is 12.8. The summed E-state index contributed by atoms with van der Waals surface area (Å²) in [6.45, 7) is 3.19. The Hall–Kier alpha value is -1.10. The van der Waals surface area contributed by atoms with Gasteiger partial charge >= 0.3 is 5.97 Å². The molecule has 1 aliphatic rings. The van der Waals surface area contributed by atoms with Crippen molar-refractivity contribution in [3.05, 3.63) is 0 Å². The number of nitrogens with zero attached hydrogens (tertiary/aromatic N) is 1. The van der Waals surface area contributed by atoms with Crippen molar-refractivity contribution in [2.24, 2.45) is 5.92 Å². The summed E-state index contributed by atoms with van der Waals surface area (Å²) in [6.07, 6.45) is 2.48. The molecule has 1 rings (SSSR count). The molecule has 0 spiro atoms. The number of hydrogen-bond acceptors (Lipinski definition) is 3. The van der Waals surface area contributed by atoms with Gasteiger partial charge in [0, 0.05) is 32.7 Å². The quantitative estimate of drug-likeness (QED) is 0.786. The number of amides is 1. The van der Waals surface area contributed by atoms with E-state index in [-0.39, 0.29) is 24.3 Å². The molecule has 0 aromatic rings. The Morgan fingerprint density at radius 2 is 2.24 bits per heavy atom. The minimum atomic E-state index is -0.877. The highest BCUT2D eigenvalue weighted by Gasteiger charge is 2.23. The Morgan fingerprint density at radius 1 is 1.53 bits per heavy atom. The Labute approximate surface area is 102 Å². The van der Waals surface area contributed by atoms with Crippen molar-refractivity contribution in [3.8, 4) is 0 Å². The second-order valence-electron chi connectivity index (χ2n) is 4.74. The number of carboxylic acids is 1. The first kappa shape index (κ1) is 14.0. The van der Waals surface area contributed by atoms with E-state index in [0.29, 0.717) is 13.0 Å². The first-order valence-electron chi connectivity index (χ1n) is 6.06. The number of carboxylic acid groups (broad SMARTS) is 1. The Kier molecular flexibility index (Phi) is 5.41. The van der Waals surface area contributed by atoms with E-state index in [2.05, 4.69) is 0 Å². The molecule has 1 amide bonds. The predicted octanol–water partition coefficient (Wildman–Crippen LogP) is 1.12. The van der Waals surface area contributed by atoms with Crippen LogP contribution in [0.5, 0.6) is 0 Å². The Balaban J connectivity index is 2.37. The third-order valence-corrected chi connectivity index (χ3v) is 3.24. The number of carbonyl (C=O) groups excluding carboxylic acids is 1. The lowest BCUT2D eigenvalue weighted by Gasteiger charge is -2.27. The first-order chi connectivity index (χ1) is 8.00. The average Bonchev–Trinajstić information content (AvgIpc) is 2.28. The van der Waals surface area contributed by atoms with Crippen LogP contribution in [0, 0.1) is 5.92 Å². The van der Waals surface area contributed by atoms with Crippen LogP contribution in [0.15, 0.2) is 0 Å². The van der Waals surface area contributed by atoms with E-state index >= 15 is 0 Å². The molecule has 1 N–H and O–H groups in total. The fourth-order valence-corrected chi connectivity index (χ4v) is 1.99. The van der Waals surface area contributed by atoms with Gasteiger partial charge in [0.05, 0.1) is 6.42 Å². The van der Waals surface area contributed by atoms with E-state index in [0.717, 1.165) is 19.4 Å². The molecule has 0 aliphatic carbocycles. The Bertz CT molecular complexity index is 274. The predicted molar refractivity (Wildman–Crippen MR) is 62.6 cm³/mol. The number of carbonyl (C=O) groups is 2. The van der Waals surface area contributed by atoms with Gasteiger partial charge in [-0.05, 0) is 25.7 Å². The zero-order valence-corrected chi connectivity index (χ0v) is 10.5. The lowest BCUT2D eigenvalue weighted by Crippen LogP contribution is -2.38. The maximum Gasteiger partial charge on any atom is 0.305 e. The summed E-state index contributed by atoms with van der Waals surface area (Å²) in [7, 11) is 1.67. The molecule has 98 valence electrons. The van der Waals surface area contributed by atoms with Gasteiger partial charge < -0.3 is 14.7 Å². The molecule has 1 saturated heterocycles. The fraction of sp³-hybridized carbons (Fsp3) is 0.833. The second kappa shape index (κ2) is 6.59. The van der Waals surface area contributed by atoms with Gasteiger partial charge in [-0.15, -0.1) is 0 Å². The van der Waals surface area contributed by atoms with E-state index in [9.17, 15) is 9.59 Å². The van der Waals surface area contributed by atoms with Crippen LogP contribution in [0.4, 0.5) is 0 Å². The average molecular weight is 243 g/mol. The topological polar surface area (TPSA) is 66.8 Å². The lowest BCUT2D eigenvalue weighted by molar-refractivity contribution is -0.140. The van der Waals surface area contributed by atoms with Crippen molar-refractivity contribution in [2.45, 2.75) is 38.6 Å². The normalized spacial score (nSPS) is 21.9. The summed E-state index contributed by atoms with van der Waals surface area (Å²) in [5.74, 6) is -0.580. The highest BCUT2D eigenvalue weighted by atomic mass is 16.5. The first-order valence-corrected chi connectivity index (χ1v) is 6.06. The monoisotopic (exact) mass is 243 g/mol. The highest BCUT2D eigenvalue weighted by Crippen LogP contribution is 2.18. The van der Waals surface area contributed by atoms with Crippen LogP contribution in [-0.2, 0) is 14.3 Å². The number of aliphatic carboxylic acids is 1. The molecule has 1 fully saturated rings. The molecule has 17 heavy (non-hydrogen) atoms. The van der Waals surface area contributed by atoms with Gasteiger partial charge in [-0.3, -0.25) is 9.59 Å². The molecule has 5 nitrogen and oxygen atoms in total. The smallest absolute Gasteiger partial charge is 0.305 e. The van der Waals surface area contributed by atoms with Crippen molar-refractivity contribution in [1.29, 1.82) is 0 Å². The van der Waals surface area contributed by atoms with Gasteiger partial charge in [0.25, 0.3) is 0 Å². The standard InChI is InChI=1S/C12H21NO4/c1-9(6-12(15)16)13(2)11(14)7-10-4-3-5-17-8-10/h9-10H,3-8H2,1-2H3,(H,15,16). The molecule has 0 radical (unpaired) electrons. The molecule has 5 heteroatoms. The highest BCUT2D eigenvalue weighted by molar-refractivity contribution is 5.77. The third kappa shape index (κ3) is 4.73. The van der Waals surface area contributed by atoms with Gasteiger partial charge in [0.2, 0.25) is 5.91 Å².